The summed E-state index contributed by atoms with van der Waals surface area (Å²) in [6.45, 7) is 3.94. The second kappa shape index (κ2) is 8.01. The molecule has 0 aliphatic carbocycles. The molecule has 1 unspecified atom stereocenters. The van der Waals surface area contributed by atoms with Crippen molar-refractivity contribution in [3.8, 4) is 11.6 Å². The van der Waals surface area contributed by atoms with Gasteiger partial charge in [-0.05, 0) is 43.7 Å². The summed E-state index contributed by atoms with van der Waals surface area (Å²) in [5.41, 5.74) is 1.86. The van der Waals surface area contributed by atoms with Crippen LogP contribution >= 0.6 is 11.6 Å². The van der Waals surface area contributed by atoms with Crippen LogP contribution in [-0.2, 0) is 11.3 Å². The van der Waals surface area contributed by atoms with Gasteiger partial charge in [0.2, 0.25) is 0 Å². The van der Waals surface area contributed by atoms with Gasteiger partial charge in [0.25, 0.3) is 5.91 Å². The van der Waals surface area contributed by atoms with E-state index in [1.165, 1.54) is 0 Å². The van der Waals surface area contributed by atoms with Crippen LogP contribution < -0.4 is 10.1 Å². The molecule has 2 heterocycles. The molecule has 134 valence electrons. The highest BCUT2D eigenvalue weighted by atomic mass is 35.5. The zero-order valence-corrected chi connectivity index (χ0v) is 15.3. The van der Waals surface area contributed by atoms with Gasteiger partial charge in [-0.25, -0.2) is 9.67 Å². The molecular formula is C19H19ClN4O2. The van der Waals surface area contributed by atoms with E-state index in [2.05, 4.69) is 15.4 Å². The predicted octanol–water partition coefficient (Wildman–Crippen LogP) is 3.31. The number of halogens is 1. The molecule has 0 saturated heterocycles. The number of rotatable bonds is 6. The lowest BCUT2D eigenvalue weighted by Gasteiger charge is -2.16. The number of amides is 1. The van der Waals surface area contributed by atoms with Crippen molar-refractivity contribution in [2.75, 3.05) is 0 Å². The van der Waals surface area contributed by atoms with Crippen molar-refractivity contribution in [1.82, 2.24) is 20.1 Å². The van der Waals surface area contributed by atoms with Crippen LogP contribution in [0.1, 0.15) is 18.1 Å². The summed E-state index contributed by atoms with van der Waals surface area (Å²) in [7, 11) is 0. The quantitative estimate of drug-likeness (QED) is 0.722. The van der Waals surface area contributed by atoms with Gasteiger partial charge in [0, 0.05) is 30.7 Å². The number of benzene rings is 1. The van der Waals surface area contributed by atoms with Crippen molar-refractivity contribution < 1.29 is 9.53 Å². The van der Waals surface area contributed by atoms with Crippen LogP contribution in [0.5, 0.6) is 5.75 Å². The third-order valence-electron chi connectivity index (χ3n) is 3.80. The Balaban J connectivity index is 1.65. The molecule has 2 aromatic heterocycles. The van der Waals surface area contributed by atoms with E-state index in [4.69, 9.17) is 16.3 Å². The summed E-state index contributed by atoms with van der Waals surface area (Å²) in [5, 5.41) is 7.53. The van der Waals surface area contributed by atoms with Crippen molar-refractivity contribution in [2.24, 2.45) is 0 Å². The van der Waals surface area contributed by atoms with Gasteiger partial charge in [-0.3, -0.25) is 4.79 Å². The van der Waals surface area contributed by atoms with Crippen molar-refractivity contribution in [3.05, 3.63) is 71.1 Å². The van der Waals surface area contributed by atoms with Gasteiger partial charge in [0.15, 0.2) is 11.9 Å². The van der Waals surface area contributed by atoms with Crippen LogP contribution in [0.15, 0.2) is 55.0 Å². The Bertz CT molecular complexity index is 896. The molecule has 1 aromatic carbocycles. The Morgan fingerprint density at radius 2 is 2.15 bits per heavy atom. The first kappa shape index (κ1) is 17.9. The molecule has 6 nitrogen and oxygen atoms in total. The maximum Gasteiger partial charge on any atom is 0.261 e. The monoisotopic (exact) mass is 370 g/mol. The summed E-state index contributed by atoms with van der Waals surface area (Å²) in [5.74, 6) is 0.930. The number of hydrogen-bond acceptors (Lipinski definition) is 4. The second-order valence-electron chi connectivity index (χ2n) is 5.85. The molecule has 0 bridgehead atoms. The van der Waals surface area contributed by atoms with Crippen LogP contribution in [0.25, 0.3) is 5.82 Å². The highest BCUT2D eigenvalue weighted by Gasteiger charge is 2.17. The SMILES string of the molecule is Cc1ccc(Cl)c(OC(C)C(=O)NCc2cccnc2-n2cccn2)c1. The number of ether oxygens (including phenoxy) is 1. The van der Waals surface area contributed by atoms with Crippen LogP contribution in [0.3, 0.4) is 0 Å². The predicted molar refractivity (Wildman–Crippen MR) is 99.5 cm³/mol. The minimum Gasteiger partial charge on any atom is -0.479 e. The largest absolute Gasteiger partial charge is 0.479 e. The molecule has 3 rings (SSSR count). The average molecular weight is 371 g/mol. The minimum absolute atomic E-state index is 0.238. The smallest absolute Gasteiger partial charge is 0.261 e. The number of aryl methyl sites for hydroxylation is 1. The molecule has 1 atom stereocenters. The Kier molecular flexibility index (Phi) is 5.53. The lowest BCUT2D eigenvalue weighted by molar-refractivity contribution is -0.127. The number of hydrogen-bond donors (Lipinski definition) is 1. The summed E-state index contributed by atoms with van der Waals surface area (Å²) in [6.07, 6.45) is 4.49. The molecule has 0 aliphatic heterocycles. The molecule has 7 heteroatoms. The summed E-state index contributed by atoms with van der Waals surface area (Å²) in [6, 6.07) is 11.0. The van der Waals surface area contributed by atoms with Gasteiger partial charge in [0.05, 0.1) is 5.02 Å². The molecule has 26 heavy (non-hydrogen) atoms. The fourth-order valence-electron chi connectivity index (χ4n) is 2.44. The van der Waals surface area contributed by atoms with Gasteiger partial charge >= 0.3 is 0 Å². The fourth-order valence-corrected chi connectivity index (χ4v) is 2.60. The van der Waals surface area contributed by atoms with Gasteiger partial charge in [-0.2, -0.15) is 5.10 Å². The van der Waals surface area contributed by atoms with Crippen molar-refractivity contribution in [1.29, 1.82) is 0 Å². The maximum absolute atomic E-state index is 12.4. The maximum atomic E-state index is 12.4. The number of nitrogens with one attached hydrogen (secondary N) is 1. The van der Waals surface area contributed by atoms with Crippen molar-refractivity contribution >= 4 is 17.5 Å². The molecule has 3 aromatic rings. The first-order valence-corrected chi connectivity index (χ1v) is 8.57. The van der Waals surface area contributed by atoms with Gasteiger partial charge in [-0.15, -0.1) is 0 Å². The van der Waals surface area contributed by atoms with Gasteiger partial charge < -0.3 is 10.1 Å². The van der Waals surface area contributed by atoms with Crippen LogP contribution in [0, 0.1) is 6.92 Å². The molecular weight excluding hydrogens is 352 g/mol. The van der Waals surface area contributed by atoms with E-state index in [9.17, 15) is 4.79 Å². The molecule has 1 amide bonds. The third-order valence-corrected chi connectivity index (χ3v) is 4.11. The first-order chi connectivity index (χ1) is 12.5. The fraction of sp³-hybridized carbons (Fsp3) is 0.211. The van der Waals surface area contributed by atoms with E-state index in [-0.39, 0.29) is 5.91 Å². The number of nitrogens with zero attached hydrogens (tertiary/aromatic N) is 3. The second-order valence-corrected chi connectivity index (χ2v) is 6.26. The molecule has 0 saturated carbocycles. The van der Waals surface area contributed by atoms with Crippen LogP contribution in [0.4, 0.5) is 0 Å². The van der Waals surface area contributed by atoms with Crippen LogP contribution in [-0.4, -0.2) is 26.8 Å². The Morgan fingerprint density at radius 1 is 1.31 bits per heavy atom. The van der Waals surface area contributed by atoms with Crippen molar-refractivity contribution in [3.63, 3.8) is 0 Å². The van der Waals surface area contributed by atoms with E-state index in [1.807, 2.05) is 37.3 Å². The van der Waals surface area contributed by atoms with E-state index in [0.29, 0.717) is 23.1 Å². The lowest BCUT2D eigenvalue weighted by Crippen LogP contribution is -2.36. The van der Waals surface area contributed by atoms with E-state index < -0.39 is 6.10 Å². The number of carbonyl (C=O) groups excluding carboxylic acids is 1. The Hall–Kier alpha value is -2.86. The number of carbonyl (C=O) groups is 1. The zero-order valence-electron chi connectivity index (χ0n) is 14.5. The summed E-state index contributed by atoms with van der Waals surface area (Å²) in [4.78, 5) is 16.7. The Morgan fingerprint density at radius 3 is 2.92 bits per heavy atom. The molecule has 0 radical (unpaired) electrons. The van der Waals surface area contributed by atoms with E-state index in [1.54, 1.807) is 36.3 Å². The van der Waals surface area contributed by atoms with Crippen molar-refractivity contribution in [2.45, 2.75) is 26.5 Å². The highest BCUT2D eigenvalue weighted by molar-refractivity contribution is 6.32. The molecule has 0 spiro atoms. The normalized spacial score (nSPS) is 11.8. The number of pyridine rings is 1. The van der Waals surface area contributed by atoms with Gasteiger partial charge in [0.1, 0.15) is 5.75 Å². The van der Waals surface area contributed by atoms with E-state index >= 15 is 0 Å². The molecule has 0 aliphatic rings. The Labute approximate surface area is 156 Å². The third kappa shape index (κ3) is 4.21. The highest BCUT2D eigenvalue weighted by Crippen LogP contribution is 2.26. The zero-order chi connectivity index (χ0) is 18.5. The average Bonchev–Trinajstić information content (AvgIpc) is 3.17. The summed E-state index contributed by atoms with van der Waals surface area (Å²) >= 11 is 6.12. The standard InChI is InChI=1S/C19H19ClN4O2/c1-13-6-7-16(20)17(11-13)26-14(2)19(25)22-12-15-5-3-8-21-18(15)24-10-4-9-23-24/h3-11,14H,12H2,1-2H3,(H,22,25). The minimum atomic E-state index is -0.681. The number of aromatic nitrogens is 3. The van der Waals surface area contributed by atoms with Crippen LogP contribution in [0.2, 0.25) is 5.02 Å². The van der Waals surface area contributed by atoms with Gasteiger partial charge in [-0.1, -0.05) is 23.7 Å². The first-order valence-electron chi connectivity index (χ1n) is 8.19. The summed E-state index contributed by atoms with van der Waals surface area (Å²) < 4.78 is 7.36. The molecule has 0 fully saturated rings. The lowest BCUT2D eigenvalue weighted by atomic mass is 10.2. The molecule has 1 N–H and O–H groups in total. The topological polar surface area (TPSA) is 69.0 Å². The van der Waals surface area contributed by atoms with E-state index in [0.717, 1.165) is 11.1 Å².